The number of imidazole rings is 1. The van der Waals surface area contributed by atoms with Gasteiger partial charge < -0.3 is 35.8 Å². The molecule has 3 amide bonds. The van der Waals surface area contributed by atoms with Gasteiger partial charge in [0.2, 0.25) is 11.8 Å². The van der Waals surface area contributed by atoms with Gasteiger partial charge in [-0.15, -0.1) is 0 Å². The van der Waals surface area contributed by atoms with E-state index in [1.807, 2.05) is 45.0 Å². The normalized spacial score (nSPS) is 16.8. The molecule has 0 aliphatic heterocycles. The molecule has 2 aromatic carbocycles. The second kappa shape index (κ2) is 14.8. The van der Waals surface area contributed by atoms with Crippen LogP contribution in [-0.2, 0) is 20.7 Å². The van der Waals surface area contributed by atoms with Gasteiger partial charge in [-0.25, -0.2) is 19.4 Å². The van der Waals surface area contributed by atoms with Crippen LogP contribution in [0.25, 0.3) is 22.2 Å². The molecule has 5 rings (SSSR count). The lowest BCUT2D eigenvalue weighted by atomic mass is 9.81. The van der Waals surface area contributed by atoms with Crippen LogP contribution in [0.15, 0.2) is 59.4 Å². The number of anilines is 1. The number of fused-ring (bicyclic) bond motifs is 1. The summed E-state index contributed by atoms with van der Waals surface area (Å²) in [5.74, 6) is -1.76. The molecule has 1 saturated carbocycles. The zero-order chi connectivity index (χ0) is 35.3. The predicted octanol–water partition coefficient (Wildman–Crippen LogP) is 4.92. The average molecular weight is 671 g/mol. The molecule has 258 valence electrons. The number of nitrogens with zero attached hydrogens (tertiary/aromatic N) is 1. The fourth-order valence-electron chi connectivity index (χ4n) is 6.05. The number of rotatable bonds is 10. The third-order valence-corrected chi connectivity index (χ3v) is 8.58. The van der Waals surface area contributed by atoms with Gasteiger partial charge in [0.05, 0.1) is 11.0 Å². The smallest absolute Gasteiger partial charge is 0.407 e. The fourth-order valence-corrected chi connectivity index (χ4v) is 6.05. The summed E-state index contributed by atoms with van der Waals surface area (Å²) in [5.41, 5.74) is 3.65. The van der Waals surface area contributed by atoms with Crippen LogP contribution >= 0.6 is 0 Å². The topological polar surface area (TPSA) is 195 Å². The number of alkyl carbamates (subject to hydrolysis) is 1. The zero-order valence-electron chi connectivity index (χ0n) is 28.0. The average Bonchev–Trinajstić information content (AvgIpc) is 3.42. The molecule has 6 N–H and O–H groups in total. The van der Waals surface area contributed by atoms with Crippen molar-refractivity contribution in [1.29, 1.82) is 0 Å². The third kappa shape index (κ3) is 9.34. The second-order valence-corrected chi connectivity index (χ2v) is 13.5. The van der Waals surface area contributed by atoms with E-state index in [1.54, 1.807) is 31.2 Å². The SMILES string of the molecule is Cc1nc(C(=O)O)ccc1-c1ccc(C[C@H](NC(=O)[C@H]2CC[C@H](CNC(=O)OC(C)(C)C)CC2)C(=O)Nc2ccc3[nH]c(=O)[nH]c3c2)cc1. The van der Waals surface area contributed by atoms with Gasteiger partial charge in [0.25, 0.3) is 0 Å². The summed E-state index contributed by atoms with van der Waals surface area (Å²) in [4.78, 5) is 71.8. The molecule has 1 atom stereocenters. The molecule has 1 fully saturated rings. The summed E-state index contributed by atoms with van der Waals surface area (Å²) >= 11 is 0. The van der Waals surface area contributed by atoms with Crippen molar-refractivity contribution in [1.82, 2.24) is 25.6 Å². The van der Waals surface area contributed by atoms with Crippen LogP contribution in [0.3, 0.4) is 0 Å². The first kappa shape index (κ1) is 34.9. The number of amides is 3. The number of aromatic carboxylic acids is 1. The van der Waals surface area contributed by atoms with E-state index in [4.69, 9.17) is 4.74 Å². The number of carboxylic acids is 1. The number of hydrogen-bond donors (Lipinski definition) is 6. The molecule has 49 heavy (non-hydrogen) atoms. The minimum absolute atomic E-state index is 0.0320. The lowest BCUT2D eigenvalue weighted by molar-refractivity contribution is -0.130. The number of hydrogen-bond acceptors (Lipinski definition) is 7. The van der Waals surface area contributed by atoms with E-state index < -0.39 is 29.6 Å². The van der Waals surface area contributed by atoms with Crippen molar-refractivity contribution >= 4 is 40.6 Å². The van der Waals surface area contributed by atoms with Crippen LogP contribution in [0.5, 0.6) is 0 Å². The molecule has 0 spiro atoms. The van der Waals surface area contributed by atoms with Gasteiger partial charge in [-0.3, -0.25) is 9.59 Å². The summed E-state index contributed by atoms with van der Waals surface area (Å²) in [7, 11) is 0. The molecule has 13 heteroatoms. The highest BCUT2D eigenvalue weighted by atomic mass is 16.6. The third-order valence-electron chi connectivity index (χ3n) is 8.58. The number of benzene rings is 2. The maximum absolute atomic E-state index is 13.7. The molecule has 1 aliphatic rings. The number of ether oxygens (including phenoxy) is 1. The van der Waals surface area contributed by atoms with Gasteiger partial charge in [0.15, 0.2) is 0 Å². The highest BCUT2D eigenvalue weighted by Gasteiger charge is 2.30. The van der Waals surface area contributed by atoms with E-state index in [1.165, 1.54) is 6.07 Å². The number of carbonyl (C=O) groups is 4. The molecule has 1 aliphatic carbocycles. The van der Waals surface area contributed by atoms with Crippen LogP contribution in [0.2, 0.25) is 0 Å². The molecule has 0 radical (unpaired) electrons. The van der Waals surface area contributed by atoms with Crippen molar-refractivity contribution in [2.45, 2.75) is 71.4 Å². The first-order chi connectivity index (χ1) is 23.2. The van der Waals surface area contributed by atoms with Crippen molar-refractivity contribution in [2.24, 2.45) is 11.8 Å². The Kier molecular flexibility index (Phi) is 10.5. The highest BCUT2D eigenvalue weighted by molar-refractivity contribution is 5.98. The highest BCUT2D eigenvalue weighted by Crippen LogP contribution is 2.29. The van der Waals surface area contributed by atoms with Crippen molar-refractivity contribution in [3.63, 3.8) is 0 Å². The van der Waals surface area contributed by atoms with Gasteiger partial charge in [-0.05, 0) is 94.7 Å². The van der Waals surface area contributed by atoms with Gasteiger partial charge >= 0.3 is 17.8 Å². The molecule has 0 unspecified atom stereocenters. The first-order valence-corrected chi connectivity index (χ1v) is 16.3. The summed E-state index contributed by atoms with van der Waals surface area (Å²) in [6.07, 6.45) is 2.51. The molecule has 4 aromatic rings. The summed E-state index contributed by atoms with van der Waals surface area (Å²) < 4.78 is 5.32. The van der Waals surface area contributed by atoms with E-state index in [0.717, 1.165) is 29.5 Å². The summed E-state index contributed by atoms with van der Waals surface area (Å²) in [6.45, 7) is 7.65. The maximum atomic E-state index is 13.7. The molecule has 2 heterocycles. The van der Waals surface area contributed by atoms with Gasteiger partial charge in [0.1, 0.15) is 17.3 Å². The molecular weight excluding hydrogens is 628 g/mol. The number of nitrogens with one attached hydrogen (secondary N) is 5. The number of H-pyrrole nitrogens is 2. The molecule has 13 nitrogen and oxygen atoms in total. The Hall–Kier alpha value is -5.46. The quantitative estimate of drug-likeness (QED) is 0.137. The van der Waals surface area contributed by atoms with E-state index in [-0.39, 0.29) is 35.5 Å². The van der Waals surface area contributed by atoms with Crippen LogP contribution in [0.1, 0.15) is 68.2 Å². The number of carbonyl (C=O) groups excluding carboxylic acids is 3. The maximum Gasteiger partial charge on any atom is 0.407 e. The summed E-state index contributed by atoms with van der Waals surface area (Å²) in [5, 5.41) is 17.9. The Morgan fingerprint density at radius 3 is 2.31 bits per heavy atom. The number of aromatic nitrogens is 3. The van der Waals surface area contributed by atoms with E-state index in [2.05, 4.69) is 30.9 Å². The standard InChI is InChI=1S/C36H42N6O7/c1-20-26(14-16-28(38-20)33(45)46)23-9-5-21(6-10-23)17-30(32(44)39-25-13-15-27-29(18-25)42-34(47)41-27)40-31(43)24-11-7-22(8-12-24)19-37-35(48)49-36(2,3)4/h5-6,9-10,13-16,18,22,24,30H,7-8,11-12,17,19H2,1-4H3,(H,37,48)(H,39,44)(H,40,43)(H,45,46)(H2,41,42,47)/t22-,24-,30-/m0/s1. The van der Waals surface area contributed by atoms with E-state index >= 15 is 0 Å². The monoisotopic (exact) mass is 670 g/mol. The molecule has 0 saturated heterocycles. The summed E-state index contributed by atoms with van der Waals surface area (Å²) in [6, 6.07) is 14.8. The van der Waals surface area contributed by atoms with Gasteiger partial charge in [-0.1, -0.05) is 30.3 Å². The van der Waals surface area contributed by atoms with Crippen molar-refractivity contribution in [3.05, 3.63) is 82.0 Å². The minimum Gasteiger partial charge on any atom is -0.477 e. The van der Waals surface area contributed by atoms with Crippen LogP contribution in [0, 0.1) is 18.8 Å². The largest absolute Gasteiger partial charge is 0.477 e. The number of pyridine rings is 1. The Labute approximate surface area is 283 Å². The Bertz CT molecular complexity index is 1900. The van der Waals surface area contributed by atoms with Gasteiger partial charge in [0, 0.05) is 35.8 Å². The Morgan fingerprint density at radius 1 is 0.959 bits per heavy atom. The van der Waals surface area contributed by atoms with Crippen LogP contribution in [0.4, 0.5) is 10.5 Å². The Balaban J connectivity index is 1.26. The fraction of sp³-hybridized carbons (Fsp3) is 0.389. The van der Waals surface area contributed by atoms with E-state index in [0.29, 0.717) is 41.8 Å². The molecule has 0 bridgehead atoms. The van der Waals surface area contributed by atoms with Crippen molar-refractivity contribution in [3.8, 4) is 11.1 Å². The minimum atomic E-state index is -1.10. The van der Waals surface area contributed by atoms with Crippen molar-refractivity contribution < 1.29 is 29.0 Å². The van der Waals surface area contributed by atoms with Crippen LogP contribution < -0.4 is 21.6 Å². The molecule has 2 aromatic heterocycles. The molecular formula is C36H42N6O7. The van der Waals surface area contributed by atoms with Gasteiger partial charge in [-0.2, -0.15) is 0 Å². The number of aryl methyl sites for hydroxylation is 1. The van der Waals surface area contributed by atoms with Crippen LogP contribution in [-0.4, -0.2) is 62.1 Å². The Morgan fingerprint density at radius 2 is 1.65 bits per heavy atom. The lowest BCUT2D eigenvalue weighted by Crippen LogP contribution is -2.48. The number of carboxylic acid groups (broad SMARTS) is 1. The second-order valence-electron chi connectivity index (χ2n) is 13.5. The van der Waals surface area contributed by atoms with Crippen molar-refractivity contribution in [2.75, 3.05) is 11.9 Å². The zero-order valence-corrected chi connectivity index (χ0v) is 28.0. The lowest BCUT2D eigenvalue weighted by Gasteiger charge is -2.29. The predicted molar refractivity (Wildman–Crippen MR) is 184 cm³/mol. The number of aromatic amines is 2. The van der Waals surface area contributed by atoms with E-state index in [9.17, 15) is 29.1 Å². The first-order valence-electron chi connectivity index (χ1n) is 16.3.